The van der Waals surface area contributed by atoms with Crippen LogP contribution in [0, 0.1) is 5.92 Å². The summed E-state index contributed by atoms with van der Waals surface area (Å²) in [5, 5.41) is 0. The van der Waals surface area contributed by atoms with E-state index < -0.39 is 0 Å². The van der Waals surface area contributed by atoms with Crippen molar-refractivity contribution in [1.29, 1.82) is 0 Å². The predicted molar refractivity (Wildman–Crippen MR) is 71.4 cm³/mol. The van der Waals surface area contributed by atoms with Crippen LogP contribution >= 0.6 is 12.4 Å². The number of rotatable bonds is 4. The Kier molecular flexibility index (Phi) is 6.85. The number of esters is 1. The molecule has 2 atom stereocenters. The zero-order valence-corrected chi connectivity index (χ0v) is 11.3. The molecule has 0 aliphatic rings. The van der Waals surface area contributed by atoms with Gasteiger partial charge < -0.3 is 10.5 Å². The average Bonchev–Trinajstić information content (AvgIpc) is 2.36. The molecule has 4 heteroatoms. The minimum atomic E-state index is -0.321. The molecule has 0 aliphatic carbocycles. The lowest BCUT2D eigenvalue weighted by molar-refractivity contribution is 0.0600. The standard InChI is InChI=1S/C13H19NO2.ClH/c1-4-9(2)12(14)10-6-5-7-11(8-10)13(15)16-3;/h5-9,12H,4,14H2,1-3H3;1H/t9?,12-;/m1./s1. The molecule has 1 rings (SSSR count). The molecule has 0 amide bonds. The molecule has 0 saturated carbocycles. The summed E-state index contributed by atoms with van der Waals surface area (Å²) < 4.78 is 4.68. The van der Waals surface area contributed by atoms with E-state index in [-0.39, 0.29) is 24.4 Å². The average molecular weight is 258 g/mol. The van der Waals surface area contributed by atoms with E-state index in [9.17, 15) is 4.79 Å². The summed E-state index contributed by atoms with van der Waals surface area (Å²) >= 11 is 0. The van der Waals surface area contributed by atoms with E-state index in [0.29, 0.717) is 11.5 Å². The largest absolute Gasteiger partial charge is 0.465 e. The first-order chi connectivity index (χ1) is 7.60. The zero-order chi connectivity index (χ0) is 12.1. The number of methoxy groups -OCH3 is 1. The minimum absolute atomic E-state index is 0. The van der Waals surface area contributed by atoms with Gasteiger partial charge in [0.1, 0.15) is 0 Å². The van der Waals surface area contributed by atoms with Crippen LogP contribution < -0.4 is 5.73 Å². The predicted octanol–water partition coefficient (Wildman–Crippen LogP) is 2.94. The number of hydrogen-bond acceptors (Lipinski definition) is 3. The first-order valence-corrected chi connectivity index (χ1v) is 5.54. The summed E-state index contributed by atoms with van der Waals surface area (Å²) in [4.78, 5) is 11.4. The molecular weight excluding hydrogens is 238 g/mol. The Morgan fingerprint density at radius 2 is 2.12 bits per heavy atom. The Labute approximate surface area is 109 Å². The van der Waals surface area contributed by atoms with Crippen molar-refractivity contribution >= 4 is 18.4 Å². The van der Waals surface area contributed by atoms with Gasteiger partial charge in [-0.25, -0.2) is 4.79 Å². The molecule has 1 unspecified atom stereocenters. The molecule has 1 aromatic carbocycles. The number of nitrogens with two attached hydrogens (primary N) is 1. The summed E-state index contributed by atoms with van der Waals surface area (Å²) in [6.07, 6.45) is 1.02. The summed E-state index contributed by atoms with van der Waals surface area (Å²) in [7, 11) is 1.38. The number of hydrogen-bond donors (Lipinski definition) is 1. The fourth-order valence-electron chi connectivity index (χ4n) is 1.57. The fraction of sp³-hybridized carbons (Fsp3) is 0.462. The van der Waals surface area contributed by atoms with Crippen molar-refractivity contribution in [3.05, 3.63) is 35.4 Å². The van der Waals surface area contributed by atoms with Gasteiger partial charge in [-0.15, -0.1) is 12.4 Å². The second-order valence-corrected chi connectivity index (χ2v) is 4.03. The van der Waals surface area contributed by atoms with Crippen LogP contribution in [0.15, 0.2) is 24.3 Å². The highest BCUT2D eigenvalue weighted by Gasteiger charge is 2.14. The first-order valence-electron chi connectivity index (χ1n) is 5.54. The molecule has 0 spiro atoms. The van der Waals surface area contributed by atoms with E-state index in [1.54, 1.807) is 6.07 Å². The van der Waals surface area contributed by atoms with E-state index in [1.807, 2.05) is 18.2 Å². The van der Waals surface area contributed by atoms with Gasteiger partial charge in [0.25, 0.3) is 0 Å². The smallest absolute Gasteiger partial charge is 0.337 e. The molecule has 3 nitrogen and oxygen atoms in total. The van der Waals surface area contributed by atoms with Gasteiger partial charge in [-0.2, -0.15) is 0 Å². The topological polar surface area (TPSA) is 52.3 Å². The van der Waals surface area contributed by atoms with Crippen LogP contribution in [-0.2, 0) is 4.74 Å². The fourth-order valence-corrected chi connectivity index (χ4v) is 1.57. The van der Waals surface area contributed by atoms with Gasteiger partial charge in [0.05, 0.1) is 12.7 Å². The van der Waals surface area contributed by atoms with Crippen LogP contribution in [0.1, 0.15) is 42.2 Å². The lowest BCUT2D eigenvalue weighted by Crippen LogP contribution is -2.19. The van der Waals surface area contributed by atoms with E-state index in [0.717, 1.165) is 12.0 Å². The van der Waals surface area contributed by atoms with Crippen molar-refractivity contribution in [3.8, 4) is 0 Å². The zero-order valence-electron chi connectivity index (χ0n) is 10.5. The maximum absolute atomic E-state index is 11.4. The van der Waals surface area contributed by atoms with E-state index in [4.69, 9.17) is 5.73 Å². The lowest BCUT2D eigenvalue weighted by atomic mass is 9.92. The Balaban J connectivity index is 0.00000256. The maximum atomic E-state index is 11.4. The van der Waals surface area contributed by atoms with Crippen LogP contribution in [0.5, 0.6) is 0 Å². The highest BCUT2D eigenvalue weighted by atomic mass is 35.5. The third-order valence-corrected chi connectivity index (χ3v) is 2.95. The molecule has 0 aromatic heterocycles. The maximum Gasteiger partial charge on any atom is 0.337 e. The van der Waals surface area contributed by atoms with Crippen molar-refractivity contribution in [1.82, 2.24) is 0 Å². The van der Waals surface area contributed by atoms with Gasteiger partial charge in [0, 0.05) is 6.04 Å². The normalized spacial score (nSPS) is 13.4. The lowest BCUT2D eigenvalue weighted by Gasteiger charge is -2.19. The molecule has 17 heavy (non-hydrogen) atoms. The first kappa shape index (κ1) is 15.9. The van der Waals surface area contributed by atoms with Crippen molar-refractivity contribution in [2.75, 3.05) is 7.11 Å². The number of halogens is 1. The summed E-state index contributed by atoms with van der Waals surface area (Å²) in [6, 6.07) is 7.30. The van der Waals surface area contributed by atoms with Gasteiger partial charge in [-0.05, 0) is 23.6 Å². The van der Waals surface area contributed by atoms with E-state index in [1.165, 1.54) is 7.11 Å². The molecular formula is C13H20ClNO2. The summed E-state index contributed by atoms with van der Waals surface area (Å²) in [5.74, 6) is 0.0751. The highest BCUT2D eigenvalue weighted by Crippen LogP contribution is 2.22. The van der Waals surface area contributed by atoms with Gasteiger partial charge >= 0.3 is 5.97 Å². The van der Waals surface area contributed by atoms with Gasteiger partial charge in [-0.1, -0.05) is 32.4 Å². The van der Waals surface area contributed by atoms with E-state index >= 15 is 0 Å². The quantitative estimate of drug-likeness (QED) is 0.844. The number of benzene rings is 1. The summed E-state index contributed by atoms with van der Waals surface area (Å²) in [5.41, 5.74) is 7.65. The molecule has 0 fully saturated rings. The van der Waals surface area contributed by atoms with Crippen LogP contribution in [0.25, 0.3) is 0 Å². The van der Waals surface area contributed by atoms with E-state index in [2.05, 4.69) is 18.6 Å². The number of ether oxygens (including phenoxy) is 1. The van der Waals surface area contributed by atoms with Gasteiger partial charge in [0.15, 0.2) is 0 Å². The molecule has 0 radical (unpaired) electrons. The Morgan fingerprint density at radius 1 is 1.47 bits per heavy atom. The Morgan fingerprint density at radius 3 is 2.65 bits per heavy atom. The molecule has 2 N–H and O–H groups in total. The van der Waals surface area contributed by atoms with Crippen LogP contribution in [-0.4, -0.2) is 13.1 Å². The second-order valence-electron chi connectivity index (χ2n) is 4.03. The monoisotopic (exact) mass is 257 g/mol. The minimum Gasteiger partial charge on any atom is -0.465 e. The SMILES string of the molecule is CCC(C)[C@@H](N)c1cccc(C(=O)OC)c1.Cl. The number of carbonyl (C=O) groups excluding carboxylic acids is 1. The van der Waals surface area contributed by atoms with Crippen LogP contribution in [0.4, 0.5) is 0 Å². The van der Waals surface area contributed by atoms with Crippen molar-refractivity contribution in [2.45, 2.75) is 26.3 Å². The molecule has 0 saturated heterocycles. The molecule has 0 heterocycles. The van der Waals surface area contributed by atoms with Crippen LogP contribution in [0.2, 0.25) is 0 Å². The number of carbonyl (C=O) groups is 1. The molecule has 0 aliphatic heterocycles. The summed E-state index contributed by atoms with van der Waals surface area (Å²) in [6.45, 7) is 4.21. The van der Waals surface area contributed by atoms with Crippen molar-refractivity contribution < 1.29 is 9.53 Å². The van der Waals surface area contributed by atoms with Crippen LogP contribution in [0.3, 0.4) is 0 Å². The highest BCUT2D eigenvalue weighted by molar-refractivity contribution is 5.89. The van der Waals surface area contributed by atoms with Gasteiger partial charge in [0.2, 0.25) is 0 Å². The Bertz CT molecular complexity index is 368. The molecule has 0 bridgehead atoms. The third kappa shape index (κ3) is 4.02. The molecule has 1 aromatic rings. The van der Waals surface area contributed by atoms with Crippen molar-refractivity contribution in [3.63, 3.8) is 0 Å². The third-order valence-electron chi connectivity index (χ3n) is 2.95. The van der Waals surface area contributed by atoms with Gasteiger partial charge in [-0.3, -0.25) is 0 Å². The van der Waals surface area contributed by atoms with Crippen molar-refractivity contribution in [2.24, 2.45) is 11.7 Å². The molecule has 96 valence electrons. The Hall–Kier alpha value is -1.06. The second kappa shape index (κ2) is 7.30.